The van der Waals surface area contributed by atoms with Gasteiger partial charge >= 0.3 is 0 Å². The highest BCUT2D eigenvalue weighted by Crippen LogP contribution is 2.37. The summed E-state index contributed by atoms with van der Waals surface area (Å²) in [6.07, 6.45) is 3.52. The van der Waals surface area contributed by atoms with Crippen LogP contribution in [0.15, 0.2) is 5.38 Å². The van der Waals surface area contributed by atoms with Crippen molar-refractivity contribution in [2.24, 2.45) is 0 Å². The van der Waals surface area contributed by atoms with Crippen LogP contribution < -0.4 is 5.32 Å². The van der Waals surface area contributed by atoms with E-state index in [1.54, 1.807) is 11.3 Å². The molecule has 19 heavy (non-hydrogen) atoms. The first-order valence-corrected chi connectivity index (χ1v) is 8.28. The summed E-state index contributed by atoms with van der Waals surface area (Å²) in [4.78, 5) is 4.89. The highest BCUT2D eigenvalue weighted by atomic mass is 32.1. The molecule has 1 fully saturated rings. The van der Waals surface area contributed by atoms with Gasteiger partial charge in [-0.15, -0.1) is 11.3 Å². The monoisotopic (exact) mass is 282 g/mol. The molecule has 0 bridgehead atoms. The Morgan fingerprint density at radius 1 is 1.58 bits per heavy atom. The first kappa shape index (κ1) is 14.9. The van der Waals surface area contributed by atoms with Gasteiger partial charge in [-0.1, -0.05) is 20.8 Å². The zero-order chi connectivity index (χ0) is 13.9. The standard InChI is InChI=1S/C15H26N2OS/c1-5-7-16-15(6-8-18-12(4)9-15)14-17-13(10-19-14)11(2)3/h10-12,16H,5-9H2,1-4H3. The molecule has 0 radical (unpaired) electrons. The lowest BCUT2D eigenvalue weighted by Crippen LogP contribution is -2.49. The molecule has 0 spiro atoms. The normalized spacial score (nSPS) is 27.9. The average molecular weight is 282 g/mol. The van der Waals surface area contributed by atoms with Crippen LogP contribution in [0.4, 0.5) is 0 Å². The third kappa shape index (κ3) is 3.36. The minimum Gasteiger partial charge on any atom is -0.378 e. The van der Waals surface area contributed by atoms with E-state index in [1.165, 1.54) is 10.7 Å². The van der Waals surface area contributed by atoms with Crippen molar-refractivity contribution in [3.63, 3.8) is 0 Å². The zero-order valence-electron chi connectivity index (χ0n) is 12.5. The zero-order valence-corrected chi connectivity index (χ0v) is 13.3. The van der Waals surface area contributed by atoms with Crippen LogP contribution in [-0.2, 0) is 10.3 Å². The second-order valence-corrected chi connectivity index (χ2v) is 6.73. The maximum Gasteiger partial charge on any atom is 0.113 e. The molecular formula is C15H26N2OS. The van der Waals surface area contributed by atoms with Gasteiger partial charge in [-0.25, -0.2) is 4.98 Å². The molecular weight excluding hydrogens is 256 g/mol. The summed E-state index contributed by atoms with van der Waals surface area (Å²) in [7, 11) is 0. The largest absolute Gasteiger partial charge is 0.378 e. The van der Waals surface area contributed by atoms with Gasteiger partial charge in [0, 0.05) is 12.0 Å². The van der Waals surface area contributed by atoms with Gasteiger partial charge in [-0.05, 0) is 38.6 Å². The molecule has 1 aromatic rings. The van der Waals surface area contributed by atoms with Crippen molar-refractivity contribution >= 4 is 11.3 Å². The van der Waals surface area contributed by atoms with Crippen molar-refractivity contribution in [1.29, 1.82) is 0 Å². The van der Waals surface area contributed by atoms with Gasteiger partial charge < -0.3 is 10.1 Å². The van der Waals surface area contributed by atoms with E-state index in [-0.39, 0.29) is 5.54 Å². The van der Waals surface area contributed by atoms with Crippen LogP contribution in [0.3, 0.4) is 0 Å². The summed E-state index contributed by atoms with van der Waals surface area (Å²) in [5.74, 6) is 0.505. The van der Waals surface area contributed by atoms with E-state index in [0.29, 0.717) is 12.0 Å². The molecule has 2 unspecified atom stereocenters. The molecule has 3 nitrogen and oxygen atoms in total. The highest BCUT2D eigenvalue weighted by Gasteiger charge is 2.39. The Hall–Kier alpha value is -0.450. The van der Waals surface area contributed by atoms with Crippen molar-refractivity contribution in [2.45, 2.75) is 64.5 Å². The summed E-state index contributed by atoms with van der Waals surface area (Å²) in [5, 5.41) is 7.22. The minimum atomic E-state index is 0.0332. The minimum absolute atomic E-state index is 0.0332. The van der Waals surface area contributed by atoms with Crippen LogP contribution in [0, 0.1) is 0 Å². The van der Waals surface area contributed by atoms with E-state index >= 15 is 0 Å². The van der Waals surface area contributed by atoms with Crippen molar-refractivity contribution in [1.82, 2.24) is 10.3 Å². The first-order chi connectivity index (χ1) is 9.07. The van der Waals surface area contributed by atoms with Gasteiger partial charge in [0.15, 0.2) is 0 Å². The van der Waals surface area contributed by atoms with Gasteiger partial charge in [-0.3, -0.25) is 0 Å². The number of nitrogens with one attached hydrogen (secondary N) is 1. The van der Waals surface area contributed by atoms with Crippen molar-refractivity contribution < 1.29 is 4.74 Å². The second-order valence-electron chi connectivity index (χ2n) is 5.88. The third-order valence-corrected chi connectivity index (χ3v) is 4.87. The average Bonchev–Trinajstić information content (AvgIpc) is 2.87. The molecule has 1 aliphatic heterocycles. The molecule has 1 aromatic heterocycles. The smallest absolute Gasteiger partial charge is 0.113 e. The number of rotatable bonds is 5. The van der Waals surface area contributed by atoms with Crippen molar-refractivity contribution in [3.05, 3.63) is 16.1 Å². The molecule has 0 amide bonds. The number of hydrogen-bond acceptors (Lipinski definition) is 4. The van der Waals surface area contributed by atoms with Gasteiger partial charge in [-0.2, -0.15) is 0 Å². The van der Waals surface area contributed by atoms with Gasteiger partial charge in [0.1, 0.15) is 5.01 Å². The van der Waals surface area contributed by atoms with Crippen molar-refractivity contribution in [2.75, 3.05) is 13.2 Å². The van der Waals surface area contributed by atoms with Crippen LogP contribution in [-0.4, -0.2) is 24.2 Å². The molecule has 4 heteroatoms. The predicted octanol–water partition coefficient (Wildman–Crippen LogP) is 3.66. The van der Waals surface area contributed by atoms with E-state index in [1.807, 2.05) is 0 Å². The molecule has 1 aliphatic rings. The Balaban J connectivity index is 2.24. The molecule has 0 saturated carbocycles. The Kier molecular flexibility index (Phi) is 4.98. The number of ether oxygens (including phenoxy) is 1. The summed E-state index contributed by atoms with van der Waals surface area (Å²) in [5.41, 5.74) is 1.25. The fraction of sp³-hybridized carbons (Fsp3) is 0.800. The fourth-order valence-corrected chi connectivity index (χ4v) is 3.85. The summed E-state index contributed by atoms with van der Waals surface area (Å²) in [6, 6.07) is 0. The molecule has 0 aromatic carbocycles. The van der Waals surface area contributed by atoms with E-state index in [9.17, 15) is 0 Å². The summed E-state index contributed by atoms with van der Waals surface area (Å²) >= 11 is 1.81. The summed E-state index contributed by atoms with van der Waals surface area (Å²) < 4.78 is 5.73. The third-order valence-electron chi connectivity index (χ3n) is 3.80. The first-order valence-electron chi connectivity index (χ1n) is 7.40. The molecule has 2 atom stereocenters. The van der Waals surface area contributed by atoms with E-state index in [0.717, 1.165) is 32.4 Å². The number of aromatic nitrogens is 1. The Morgan fingerprint density at radius 2 is 2.37 bits per heavy atom. The molecule has 0 aliphatic carbocycles. The van der Waals surface area contributed by atoms with Gasteiger partial charge in [0.05, 0.1) is 17.3 Å². The predicted molar refractivity (Wildman–Crippen MR) is 80.8 cm³/mol. The van der Waals surface area contributed by atoms with Crippen LogP contribution in [0.25, 0.3) is 0 Å². The Labute approximate surface area is 120 Å². The lowest BCUT2D eigenvalue weighted by Gasteiger charge is -2.39. The second kappa shape index (κ2) is 6.33. The topological polar surface area (TPSA) is 34.2 Å². The Morgan fingerprint density at radius 3 is 2.95 bits per heavy atom. The Bertz CT molecular complexity index is 405. The molecule has 1 saturated heterocycles. The molecule has 2 heterocycles. The summed E-state index contributed by atoms with van der Waals surface area (Å²) in [6.45, 7) is 10.7. The lowest BCUT2D eigenvalue weighted by atomic mass is 9.87. The van der Waals surface area contributed by atoms with Crippen LogP contribution in [0.1, 0.15) is 63.6 Å². The van der Waals surface area contributed by atoms with Crippen LogP contribution in [0.5, 0.6) is 0 Å². The van der Waals surface area contributed by atoms with Gasteiger partial charge in [0.25, 0.3) is 0 Å². The lowest BCUT2D eigenvalue weighted by molar-refractivity contribution is -0.0207. The van der Waals surface area contributed by atoms with E-state index < -0.39 is 0 Å². The number of hydrogen-bond donors (Lipinski definition) is 1. The molecule has 2 rings (SSSR count). The maximum atomic E-state index is 5.73. The molecule has 1 N–H and O–H groups in total. The van der Waals surface area contributed by atoms with Crippen molar-refractivity contribution in [3.8, 4) is 0 Å². The maximum absolute atomic E-state index is 5.73. The highest BCUT2D eigenvalue weighted by molar-refractivity contribution is 7.09. The quantitative estimate of drug-likeness (QED) is 0.895. The van der Waals surface area contributed by atoms with E-state index in [2.05, 4.69) is 38.4 Å². The SMILES string of the molecule is CCCNC1(c2nc(C(C)C)cs2)CCOC(C)C1. The number of thiazole rings is 1. The van der Waals surface area contributed by atoms with Crippen LogP contribution in [0.2, 0.25) is 0 Å². The molecule has 108 valence electrons. The van der Waals surface area contributed by atoms with Gasteiger partial charge in [0.2, 0.25) is 0 Å². The van der Waals surface area contributed by atoms with Crippen LogP contribution >= 0.6 is 11.3 Å². The van der Waals surface area contributed by atoms with E-state index in [4.69, 9.17) is 9.72 Å². The number of nitrogens with zero attached hydrogens (tertiary/aromatic N) is 1. The fourth-order valence-electron chi connectivity index (χ4n) is 2.65.